The predicted molar refractivity (Wildman–Crippen MR) is 216 cm³/mol. The first-order valence-electron chi connectivity index (χ1n) is 18.4. The molecule has 5 N–H and O–H groups in total. The van der Waals surface area contributed by atoms with Crippen LogP contribution < -0.4 is 20.8 Å². The van der Waals surface area contributed by atoms with Gasteiger partial charge in [0.25, 0.3) is 10.1 Å². The standard InChI is InChI=1S/C42H44N6O8S/c49-39(44-28-30-22-23-38(43-27-30)48-45-29-33-17-9-10-19-37(33)57(53,54)55)21-12-18-35(42(51)52)46-40(50)20-8-3-11-24-56-41-26-34(31-13-4-1-5-14-31)25-36(47-41)32-15-6-2-7-16-32/h1-2,4-7,9-10,13-17,19,22-23,25-27,29,35H,3,8,11-12,18,20-21,24,28H2,(H,43,48)(H,44,49)(H,46,50)(H,51,52)(H,53,54,55)/b45-29+/t35-/m0/s1. The number of nitrogens with one attached hydrogen (secondary N) is 3. The van der Waals surface area contributed by atoms with Crippen LogP contribution in [0.5, 0.6) is 5.88 Å². The summed E-state index contributed by atoms with van der Waals surface area (Å²) in [5.74, 6) is -0.937. The Morgan fingerprint density at radius 2 is 1.49 bits per heavy atom. The highest BCUT2D eigenvalue weighted by Gasteiger charge is 2.20. The lowest BCUT2D eigenvalue weighted by molar-refractivity contribution is -0.142. The molecule has 0 saturated heterocycles. The van der Waals surface area contributed by atoms with Crippen molar-refractivity contribution in [2.45, 2.75) is 62.4 Å². The van der Waals surface area contributed by atoms with Gasteiger partial charge >= 0.3 is 5.97 Å². The van der Waals surface area contributed by atoms with Crippen LogP contribution >= 0.6 is 0 Å². The summed E-state index contributed by atoms with van der Waals surface area (Å²) in [4.78, 5) is 45.5. The fourth-order valence-corrected chi connectivity index (χ4v) is 6.41. The Morgan fingerprint density at radius 1 is 0.789 bits per heavy atom. The SMILES string of the molecule is O=C(CCC[C@H](NC(=O)CCCCCOc1cc(-c2ccccc2)cc(-c2ccccc2)n1)C(=O)O)NCc1ccc(N/N=C/c2ccccc2S(=O)(=O)O)nc1. The molecular weight excluding hydrogens is 749 g/mol. The second-order valence-electron chi connectivity index (χ2n) is 13.0. The number of benzene rings is 3. The predicted octanol–water partition coefficient (Wildman–Crippen LogP) is 6.50. The van der Waals surface area contributed by atoms with Crippen LogP contribution in [0, 0.1) is 0 Å². The summed E-state index contributed by atoms with van der Waals surface area (Å²) in [6.45, 7) is 0.599. The van der Waals surface area contributed by atoms with Gasteiger partial charge in [0, 0.05) is 42.8 Å². The zero-order valence-electron chi connectivity index (χ0n) is 31.1. The van der Waals surface area contributed by atoms with Crippen LogP contribution in [-0.4, -0.2) is 64.7 Å². The molecule has 57 heavy (non-hydrogen) atoms. The minimum atomic E-state index is -4.41. The van der Waals surface area contributed by atoms with Crippen molar-refractivity contribution in [3.05, 3.63) is 127 Å². The Morgan fingerprint density at radius 3 is 2.19 bits per heavy atom. The molecule has 0 radical (unpaired) electrons. The molecule has 0 aliphatic rings. The third-order valence-electron chi connectivity index (χ3n) is 8.70. The molecule has 14 nitrogen and oxygen atoms in total. The van der Waals surface area contributed by atoms with E-state index in [1.54, 1.807) is 18.2 Å². The van der Waals surface area contributed by atoms with E-state index in [1.807, 2.05) is 72.8 Å². The number of carbonyl (C=O) groups is 3. The minimum absolute atomic E-state index is 0.0718. The quantitative estimate of drug-likeness (QED) is 0.0234. The lowest BCUT2D eigenvalue weighted by Crippen LogP contribution is -2.40. The first kappa shape index (κ1) is 41.7. The maximum Gasteiger partial charge on any atom is 0.326 e. The number of unbranched alkanes of at least 4 members (excludes halogenated alkanes) is 2. The third kappa shape index (κ3) is 13.7. The number of hydrogen-bond acceptors (Lipinski definition) is 10. The molecule has 2 amide bonds. The smallest absolute Gasteiger partial charge is 0.326 e. The molecule has 15 heteroatoms. The normalized spacial score (nSPS) is 11.8. The van der Waals surface area contributed by atoms with E-state index >= 15 is 0 Å². The minimum Gasteiger partial charge on any atom is -0.480 e. The van der Waals surface area contributed by atoms with Gasteiger partial charge in [-0.05, 0) is 67.0 Å². The van der Waals surface area contributed by atoms with Gasteiger partial charge in [-0.3, -0.25) is 19.6 Å². The van der Waals surface area contributed by atoms with Gasteiger partial charge in [0.15, 0.2) is 0 Å². The number of amides is 2. The molecule has 2 heterocycles. The van der Waals surface area contributed by atoms with E-state index in [2.05, 4.69) is 26.1 Å². The Bertz CT molecular complexity index is 2180. The fraction of sp³-hybridized carbons (Fsp3) is 0.238. The largest absolute Gasteiger partial charge is 0.480 e. The third-order valence-corrected chi connectivity index (χ3v) is 9.63. The molecule has 0 fully saturated rings. The number of rotatable bonds is 21. The molecule has 0 unspecified atom stereocenters. The lowest BCUT2D eigenvalue weighted by atomic mass is 10.0. The molecule has 5 rings (SSSR count). The average molecular weight is 793 g/mol. The van der Waals surface area contributed by atoms with Crippen molar-refractivity contribution in [2.75, 3.05) is 12.0 Å². The topological polar surface area (TPSA) is 209 Å². The Kier molecular flexibility index (Phi) is 15.4. The summed E-state index contributed by atoms with van der Waals surface area (Å²) in [6, 6.07) is 31.9. The van der Waals surface area contributed by atoms with Crippen LogP contribution in [0.25, 0.3) is 22.4 Å². The number of pyridine rings is 2. The van der Waals surface area contributed by atoms with Crippen molar-refractivity contribution in [3.8, 4) is 28.3 Å². The van der Waals surface area contributed by atoms with Gasteiger partial charge < -0.3 is 20.5 Å². The van der Waals surface area contributed by atoms with E-state index in [1.165, 1.54) is 30.6 Å². The Balaban J connectivity index is 0.973. The second-order valence-corrected chi connectivity index (χ2v) is 14.4. The highest BCUT2D eigenvalue weighted by molar-refractivity contribution is 7.86. The molecule has 0 bridgehead atoms. The first-order chi connectivity index (χ1) is 27.5. The Hall–Kier alpha value is -6.45. The summed E-state index contributed by atoms with van der Waals surface area (Å²) < 4.78 is 38.4. The van der Waals surface area contributed by atoms with Crippen LogP contribution in [0.15, 0.2) is 125 Å². The molecule has 5 aromatic rings. The van der Waals surface area contributed by atoms with Gasteiger partial charge in [0.05, 0.1) is 18.5 Å². The van der Waals surface area contributed by atoms with E-state index in [-0.39, 0.29) is 54.5 Å². The van der Waals surface area contributed by atoms with Crippen molar-refractivity contribution in [2.24, 2.45) is 5.10 Å². The Labute approximate surface area is 331 Å². The number of hydrazone groups is 1. The van der Waals surface area contributed by atoms with E-state index < -0.39 is 22.1 Å². The van der Waals surface area contributed by atoms with Crippen molar-refractivity contribution in [1.29, 1.82) is 0 Å². The second kappa shape index (κ2) is 21.0. The molecule has 0 aliphatic heterocycles. The zero-order valence-corrected chi connectivity index (χ0v) is 31.9. The van der Waals surface area contributed by atoms with Gasteiger partial charge in [-0.2, -0.15) is 13.5 Å². The van der Waals surface area contributed by atoms with Crippen molar-refractivity contribution in [1.82, 2.24) is 20.6 Å². The summed E-state index contributed by atoms with van der Waals surface area (Å²) in [5, 5.41) is 19.0. The van der Waals surface area contributed by atoms with E-state index in [0.717, 1.165) is 22.4 Å². The maximum absolute atomic E-state index is 12.6. The average Bonchev–Trinajstić information content (AvgIpc) is 3.21. The first-order valence-corrected chi connectivity index (χ1v) is 19.8. The number of aliphatic carboxylic acids is 1. The maximum atomic E-state index is 12.6. The van der Waals surface area contributed by atoms with Crippen LogP contribution in [0.1, 0.15) is 56.1 Å². The van der Waals surface area contributed by atoms with Gasteiger partial charge in [0.2, 0.25) is 17.7 Å². The fourth-order valence-electron chi connectivity index (χ4n) is 5.74. The lowest BCUT2D eigenvalue weighted by Gasteiger charge is -2.14. The summed E-state index contributed by atoms with van der Waals surface area (Å²) in [6.07, 6.45) is 5.30. The van der Waals surface area contributed by atoms with Crippen LogP contribution in [0.2, 0.25) is 0 Å². The summed E-state index contributed by atoms with van der Waals surface area (Å²) >= 11 is 0. The number of anilines is 1. The number of nitrogens with zero attached hydrogens (tertiary/aromatic N) is 3. The van der Waals surface area contributed by atoms with Gasteiger partial charge in [-0.25, -0.2) is 14.8 Å². The molecule has 0 saturated carbocycles. The van der Waals surface area contributed by atoms with Crippen molar-refractivity contribution < 1.29 is 37.2 Å². The number of ether oxygens (including phenoxy) is 1. The molecular formula is C42H44N6O8S. The van der Waals surface area contributed by atoms with Crippen LogP contribution in [0.4, 0.5) is 5.82 Å². The van der Waals surface area contributed by atoms with Crippen molar-refractivity contribution in [3.63, 3.8) is 0 Å². The van der Waals surface area contributed by atoms with E-state index in [4.69, 9.17) is 9.72 Å². The van der Waals surface area contributed by atoms with Gasteiger partial charge in [0.1, 0.15) is 16.8 Å². The van der Waals surface area contributed by atoms with E-state index in [9.17, 15) is 32.5 Å². The molecule has 296 valence electrons. The van der Waals surface area contributed by atoms with E-state index in [0.29, 0.717) is 43.1 Å². The zero-order chi connectivity index (χ0) is 40.5. The molecule has 0 spiro atoms. The monoisotopic (exact) mass is 792 g/mol. The molecule has 3 aromatic carbocycles. The molecule has 2 aromatic heterocycles. The van der Waals surface area contributed by atoms with Gasteiger partial charge in [-0.15, -0.1) is 0 Å². The van der Waals surface area contributed by atoms with Crippen LogP contribution in [0.3, 0.4) is 0 Å². The summed E-state index contributed by atoms with van der Waals surface area (Å²) in [5.41, 5.74) is 7.40. The highest BCUT2D eigenvalue weighted by atomic mass is 32.2. The van der Waals surface area contributed by atoms with Crippen LogP contribution in [-0.2, 0) is 31.0 Å². The highest BCUT2D eigenvalue weighted by Crippen LogP contribution is 2.29. The molecule has 1 atom stereocenters. The number of hydrogen-bond donors (Lipinski definition) is 5. The summed E-state index contributed by atoms with van der Waals surface area (Å²) in [7, 11) is -4.41. The number of carboxylic acids is 1. The van der Waals surface area contributed by atoms with Gasteiger partial charge in [-0.1, -0.05) is 84.9 Å². The number of carbonyl (C=O) groups excluding carboxylic acids is 2. The molecule has 0 aliphatic carbocycles. The number of carboxylic acid groups (broad SMARTS) is 1. The number of aromatic nitrogens is 2. The van der Waals surface area contributed by atoms with Crippen molar-refractivity contribution >= 4 is 39.9 Å².